The molecule has 6 heteroatoms. The van der Waals surface area contributed by atoms with Crippen LogP contribution in [0.5, 0.6) is 5.75 Å². The Morgan fingerprint density at radius 2 is 2.06 bits per heavy atom. The summed E-state index contributed by atoms with van der Waals surface area (Å²) in [6, 6.07) is 8.30. The highest BCUT2D eigenvalue weighted by Crippen LogP contribution is 2.27. The largest absolute Gasteiger partial charge is 0.502 e. The standard InChI is InChI=1S/C12H8N2O4/c15-11-5-4-8(7-10(11)14(17)18)12(16)9-3-1-2-6-13-9/h1-7,15H. The number of ketones is 1. The third kappa shape index (κ3) is 2.17. The van der Waals surface area contributed by atoms with Crippen LogP contribution < -0.4 is 0 Å². The van der Waals surface area contributed by atoms with Crippen LogP contribution in [0.3, 0.4) is 0 Å². The quantitative estimate of drug-likeness (QED) is 0.505. The van der Waals surface area contributed by atoms with Crippen molar-refractivity contribution in [3.63, 3.8) is 0 Å². The predicted molar refractivity (Wildman–Crippen MR) is 62.4 cm³/mol. The van der Waals surface area contributed by atoms with Crippen LogP contribution in [0.25, 0.3) is 0 Å². The first-order chi connectivity index (χ1) is 8.59. The second kappa shape index (κ2) is 4.62. The van der Waals surface area contributed by atoms with Gasteiger partial charge in [-0.25, -0.2) is 0 Å². The molecule has 0 atom stereocenters. The van der Waals surface area contributed by atoms with Gasteiger partial charge in [0.2, 0.25) is 5.78 Å². The second-order valence-electron chi connectivity index (χ2n) is 3.50. The molecule has 0 saturated carbocycles. The van der Waals surface area contributed by atoms with Crippen LogP contribution in [0.15, 0.2) is 42.6 Å². The Morgan fingerprint density at radius 1 is 1.28 bits per heavy atom. The Hall–Kier alpha value is -2.76. The third-order valence-corrected chi connectivity index (χ3v) is 2.33. The van der Waals surface area contributed by atoms with E-state index in [9.17, 15) is 20.0 Å². The molecule has 1 aromatic heterocycles. The maximum absolute atomic E-state index is 12.0. The third-order valence-electron chi connectivity index (χ3n) is 2.33. The molecule has 6 nitrogen and oxygen atoms in total. The van der Waals surface area contributed by atoms with Crippen molar-refractivity contribution in [3.8, 4) is 5.75 Å². The molecule has 1 aromatic carbocycles. The lowest BCUT2D eigenvalue weighted by Crippen LogP contribution is -2.04. The summed E-state index contributed by atoms with van der Waals surface area (Å²) in [5.41, 5.74) is -0.201. The number of nitro benzene ring substituents is 1. The fourth-order valence-corrected chi connectivity index (χ4v) is 1.46. The van der Waals surface area contributed by atoms with E-state index in [0.717, 1.165) is 12.1 Å². The van der Waals surface area contributed by atoms with Crippen molar-refractivity contribution in [2.45, 2.75) is 0 Å². The molecule has 1 heterocycles. The molecule has 0 fully saturated rings. The number of benzene rings is 1. The fraction of sp³-hybridized carbons (Fsp3) is 0. The Labute approximate surface area is 102 Å². The maximum atomic E-state index is 12.0. The summed E-state index contributed by atoms with van der Waals surface area (Å²) in [4.78, 5) is 25.7. The molecule has 0 bridgehead atoms. The molecule has 0 spiro atoms. The van der Waals surface area contributed by atoms with Crippen LogP contribution >= 0.6 is 0 Å². The lowest BCUT2D eigenvalue weighted by molar-refractivity contribution is -0.385. The second-order valence-corrected chi connectivity index (χ2v) is 3.50. The zero-order valence-electron chi connectivity index (χ0n) is 9.11. The molecular weight excluding hydrogens is 236 g/mol. The van der Waals surface area contributed by atoms with E-state index in [0.29, 0.717) is 0 Å². The van der Waals surface area contributed by atoms with Crippen molar-refractivity contribution in [2.24, 2.45) is 0 Å². The number of nitro groups is 1. The number of aromatic hydroxyl groups is 1. The van der Waals surface area contributed by atoms with Gasteiger partial charge in [0.1, 0.15) is 5.69 Å². The van der Waals surface area contributed by atoms with Crippen LogP contribution in [-0.4, -0.2) is 20.8 Å². The normalized spacial score (nSPS) is 10.0. The van der Waals surface area contributed by atoms with Crippen molar-refractivity contribution in [3.05, 3.63) is 64.0 Å². The highest BCUT2D eigenvalue weighted by Gasteiger charge is 2.18. The van der Waals surface area contributed by atoms with Crippen LogP contribution in [0.2, 0.25) is 0 Å². The van der Waals surface area contributed by atoms with Crippen LogP contribution in [0.4, 0.5) is 5.69 Å². The first-order valence-electron chi connectivity index (χ1n) is 5.03. The van der Waals surface area contributed by atoms with E-state index in [1.54, 1.807) is 12.1 Å². The van der Waals surface area contributed by atoms with Gasteiger partial charge in [0.05, 0.1) is 4.92 Å². The Kier molecular flexibility index (Phi) is 3.01. The average Bonchev–Trinajstić information content (AvgIpc) is 2.39. The monoisotopic (exact) mass is 244 g/mol. The molecule has 0 radical (unpaired) electrons. The molecule has 0 unspecified atom stereocenters. The molecule has 2 rings (SSSR count). The van der Waals surface area contributed by atoms with Crippen molar-refractivity contribution in [1.29, 1.82) is 0 Å². The lowest BCUT2D eigenvalue weighted by Gasteiger charge is -2.01. The Balaban J connectivity index is 2.44. The number of hydrogen-bond donors (Lipinski definition) is 1. The van der Waals surface area contributed by atoms with Crippen LogP contribution in [0, 0.1) is 10.1 Å². The summed E-state index contributed by atoms with van der Waals surface area (Å²) < 4.78 is 0. The molecule has 2 aromatic rings. The number of phenolic OH excluding ortho intramolecular Hbond substituents is 1. The number of rotatable bonds is 3. The molecule has 0 saturated heterocycles. The van der Waals surface area contributed by atoms with Gasteiger partial charge in [-0.05, 0) is 24.3 Å². The first kappa shape index (κ1) is 11.7. The molecule has 90 valence electrons. The molecule has 0 aliphatic carbocycles. The molecule has 0 aliphatic heterocycles. The van der Waals surface area contributed by atoms with Gasteiger partial charge < -0.3 is 5.11 Å². The average molecular weight is 244 g/mol. The number of hydrogen-bond acceptors (Lipinski definition) is 5. The van der Waals surface area contributed by atoms with Gasteiger partial charge >= 0.3 is 5.69 Å². The van der Waals surface area contributed by atoms with Crippen LogP contribution in [0.1, 0.15) is 16.1 Å². The van der Waals surface area contributed by atoms with Gasteiger partial charge in [0.15, 0.2) is 5.75 Å². The molecule has 0 amide bonds. The van der Waals surface area contributed by atoms with Crippen molar-refractivity contribution in [1.82, 2.24) is 4.98 Å². The minimum absolute atomic E-state index is 0.109. The SMILES string of the molecule is O=C(c1ccc(O)c([N+](=O)[O-])c1)c1ccccn1. The lowest BCUT2D eigenvalue weighted by atomic mass is 10.1. The number of aromatic nitrogens is 1. The van der Waals surface area contributed by atoms with Crippen molar-refractivity contribution >= 4 is 11.5 Å². The van der Waals surface area contributed by atoms with E-state index in [2.05, 4.69) is 4.98 Å². The summed E-state index contributed by atoms with van der Waals surface area (Å²) >= 11 is 0. The number of carbonyl (C=O) groups excluding carboxylic acids is 1. The van der Waals surface area contributed by atoms with Crippen molar-refractivity contribution < 1.29 is 14.8 Å². The highest BCUT2D eigenvalue weighted by atomic mass is 16.6. The smallest absolute Gasteiger partial charge is 0.311 e. The molecule has 0 aliphatic rings. The summed E-state index contributed by atoms with van der Waals surface area (Å²) in [5.74, 6) is -0.906. The van der Waals surface area contributed by atoms with E-state index in [1.807, 2.05) is 0 Å². The zero-order chi connectivity index (χ0) is 13.1. The topological polar surface area (TPSA) is 93.3 Å². The highest BCUT2D eigenvalue weighted by molar-refractivity contribution is 6.08. The first-order valence-corrected chi connectivity index (χ1v) is 5.03. The van der Waals surface area contributed by atoms with Gasteiger partial charge in [-0.15, -0.1) is 0 Å². The predicted octanol–water partition coefficient (Wildman–Crippen LogP) is 1.93. The summed E-state index contributed by atoms with van der Waals surface area (Å²) in [6.07, 6.45) is 1.46. The molecule has 18 heavy (non-hydrogen) atoms. The van der Waals surface area contributed by atoms with E-state index in [1.165, 1.54) is 18.3 Å². The number of carbonyl (C=O) groups is 1. The van der Waals surface area contributed by atoms with Gasteiger partial charge in [0.25, 0.3) is 0 Å². The number of phenols is 1. The molecule has 1 N–H and O–H groups in total. The Morgan fingerprint density at radius 3 is 2.67 bits per heavy atom. The fourth-order valence-electron chi connectivity index (χ4n) is 1.46. The number of nitrogens with zero attached hydrogens (tertiary/aromatic N) is 2. The Bertz CT molecular complexity index is 611. The molecular formula is C12H8N2O4. The van der Waals surface area contributed by atoms with E-state index < -0.39 is 22.1 Å². The van der Waals surface area contributed by atoms with E-state index >= 15 is 0 Å². The summed E-state index contributed by atoms with van der Waals surface area (Å²) in [7, 11) is 0. The van der Waals surface area contributed by atoms with E-state index in [4.69, 9.17) is 0 Å². The van der Waals surface area contributed by atoms with Gasteiger partial charge in [0, 0.05) is 17.8 Å². The zero-order valence-corrected chi connectivity index (χ0v) is 9.11. The summed E-state index contributed by atoms with van der Waals surface area (Å²) in [6.45, 7) is 0. The van der Waals surface area contributed by atoms with Gasteiger partial charge in [-0.2, -0.15) is 0 Å². The minimum atomic E-state index is -0.746. The number of pyridine rings is 1. The van der Waals surface area contributed by atoms with E-state index in [-0.39, 0.29) is 11.3 Å². The van der Waals surface area contributed by atoms with Gasteiger partial charge in [-0.3, -0.25) is 19.9 Å². The van der Waals surface area contributed by atoms with Crippen LogP contribution in [-0.2, 0) is 0 Å². The minimum Gasteiger partial charge on any atom is -0.502 e. The van der Waals surface area contributed by atoms with Crippen molar-refractivity contribution in [2.75, 3.05) is 0 Å². The summed E-state index contributed by atoms with van der Waals surface area (Å²) in [5, 5.41) is 19.9. The maximum Gasteiger partial charge on any atom is 0.311 e. The van der Waals surface area contributed by atoms with Gasteiger partial charge in [-0.1, -0.05) is 6.07 Å².